The molecule has 0 atom stereocenters. The number of hydrogen-bond donors (Lipinski definition) is 1. The molecule has 2 heterocycles. The summed E-state index contributed by atoms with van der Waals surface area (Å²) in [6.07, 6.45) is 0. The van der Waals surface area contributed by atoms with Gasteiger partial charge in [-0.3, -0.25) is 9.59 Å². The summed E-state index contributed by atoms with van der Waals surface area (Å²) in [5.74, 6) is -0.826. The first-order valence-corrected chi connectivity index (χ1v) is 10.1. The molecule has 29 heavy (non-hydrogen) atoms. The molecule has 0 spiro atoms. The molecule has 6 heteroatoms. The van der Waals surface area contributed by atoms with Crippen LogP contribution >= 0.6 is 11.3 Å². The van der Waals surface area contributed by atoms with Crippen molar-refractivity contribution in [3.8, 4) is 0 Å². The average molecular weight is 406 g/mol. The molecular formula is C23H19FN2O2S. The van der Waals surface area contributed by atoms with Crippen LogP contribution in [0.5, 0.6) is 0 Å². The van der Waals surface area contributed by atoms with Crippen molar-refractivity contribution >= 4 is 40.1 Å². The van der Waals surface area contributed by atoms with E-state index in [1.165, 1.54) is 40.5 Å². The van der Waals surface area contributed by atoms with E-state index in [1.54, 1.807) is 12.1 Å². The van der Waals surface area contributed by atoms with Gasteiger partial charge in [0.2, 0.25) is 0 Å². The lowest BCUT2D eigenvalue weighted by Crippen LogP contribution is -2.32. The molecule has 4 rings (SSSR count). The SMILES string of the molecule is CC(C)c1ccc(N2C(=O)C(Nc3ccc(F)cc3)=C(c3cccs3)C2=O)cc1. The number of carbonyl (C=O) groups is 2. The van der Waals surface area contributed by atoms with Gasteiger partial charge < -0.3 is 5.32 Å². The lowest BCUT2D eigenvalue weighted by molar-refractivity contribution is -0.120. The zero-order valence-corrected chi connectivity index (χ0v) is 16.8. The third-order valence-corrected chi connectivity index (χ3v) is 5.67. The van der Waals surface area contributed by atoms with E-state index in [9.17, 15) is 14.0 Å². The minimum absolute atomic E-state index is 0.192. The van der Waals surface area contributed by atoms with E-state index in [0.717, 1.165) is 5.56 Å². The van der Waals surface area contributed by atoms with E-state index < -0.39 is 5.91 Å². The third-order valence-electron chi connectivity index (χ3n) is 4.78. The Kier molecular flexibility index (Phi) is 5.03. The van der Waals surface area contributed by atoms with Crippen molar-refractivity contribution < 1.29 is 14.0 Å². The molecule has 0 saturated heterocycles. The molecule has 1 N–H and O–H groups in total. The minimum Gasteiger partial charge on any atom is -0.350 e. The van der Waals surface area contributed by atoms with Gasteiger partial charge in [-0.25, -0.2) is 9.29 Å². The molecule has 2 aromatic carbocycles. The summed E-state index contributed by atoms with van der Waals surface area (Å²) in [6.45, 7) is 4.17. The number of halogens is 1. The molecule has 1 aliphatic heterocycles. The molecule has 0 bridgehead atoms. The predicted octanol–water partition coefficient (Wildman–Crippen LogP) is 5.41. The number of rotatable bonds is 5. The van der Waals surface area contributed by atoms with Gasteiger partial charge in [-0.05, 0) is 59.3 Å². The van der Waals surface area contributed by atoms with Gasteiger partial charge in [0.05, 0.1) is 11.3 Å². The normalized spacial score (nSPS) is 14.3. The van der Waals surface area contributed by atoms with Crippen molar-refractivity contribution in [2.24, 2.45) is 0 Å². The van der Waals surface area contributed by atoms with Crippen LogP contribution in [-0.4, -0.2) is 11.8 Å². The maximum absolute atomic E-state index is 13.2. The highest BCUT2D eigenvalue weighted by molar-refractivity contribution is 7.11. The molecule has 0 aliphatic carbocycles. The van der Waals surface area contributed by atoms with Crippen molar-refractivity contribution in [3.63, 3.8) is 0 Å². The Morgan fingerprint density at radius 3 is 2.21 bits per heavy atom. The molecule has 1 aliphatic rings. The number of hydrogen-bond acceptors (Lipinski definition) is 4. The van der Waals surface area contributed by atoms with Crippen molar-refractivity contribution in [1.82, 2.24) is 0 Å². The second kappa shape index (κ2) is 7.64. The summed E-state index contributed by atoms with van der Waals surface area (Å²) in [7, 11) is 0. The number of nitrogens with one attached hydrogen (secondary N) is 1. The molecule has 2 amide bonds. The maximum Gasteiger partial charge on any atom is 0.282 e. The Morgan fingerprint density at radius 2 is 1.62 bits per heavy atom. The van der Waals surface area contributed by atoms with Crippen LogP contribution in [-0.2, 0) is 9.59 Å². The second-order valence-electron chi connectivity index (χ2n) is 7.05. The molecule has 146 valence electrons. The number of thiophene rings is 1. The number of benzene rings is 2. The van der Waals surface area contributed by atoms with Gasteiger partial charge in [-0.15, -0.1) is 11.3 Å². The number of nitrogens with zero attached hydrogens (tertiary/aromatic N) is 1. The van der Waals surface area contributed by atoms with Crippen molar-refractivity contribution in [2.75, 3.05) is 10.2 Å². The number of imide groups is 1. The van der Waals surface area contributed by atoms with Crippen LogP contribution < -0.4 is 10.2 Å². The van der Waals surface area contributed by atoms with Gasteiger partial charge in [0, 0.05) is 10.6 Å². The summed E-state index contributed by atoms with van der Waals surface area (Å²) in [4.78, 5) is 28.4. The number of anilines is 2. The monoisotopic (exact) mass is 406 g/mol. The van der Waals surface area contributed by atoms with E-state index in [4.69, 9.17) is 0 Å². The zero-order valence-electron chi connectivity index (χ0n) is 16.0. The Morgan fingerprint density at radius 1 is 0.931 bits per heavy atom. The van der Waals surface area contributed by atoms with Gasteiger partial charge in [-0.1, -0.05) is 32.0 Å². The third kappa shape index (κ3) is 3.59. The summed E-state index contributed by atoms with van der Waals surface area (Å²) in [5, 5.41) is 4.88. The molecule has 3 aromatic rings. The summed E-state index contributed by atoms with van der Waals surface area (Å²) in [5.41, 5.74) is 2.70. The number of carbonyl (C=O) groups excluding carboxylic acids is 2. The molecular weight excluding hydrogens is 387 g/mol. The highest BCUT2D eigenvalue weighted by atomic mass is 32.1. The smallest absolute Gasteiger partial charge is 0.282 e. The lowest BCUT2D eigenvalue weighted by atomic mass is 10.0. The first kappa shape index (κ1) is 19.1. The van der Waals surface area contributed by atoms with Crippen molar-refractivity contribution in [2.45, 2.75) is 19.8 Å². The van der Waals surface area contributed by atoms with Crippen LogP contribution in [0, 0.1) is 5.82 Å². The maximum atomic E-state index is 13.2. The zero-order chi connectivity index (χ0) is 20.5. The number of amides is 2. The lowest BCUT2D eigenvalue weighted by Gasteiger charge is -2.16. The minimum atomic E-state index is -0.431. The van der Waals surface area contributed by atoms with E-state index >= 15 is 0 Å². The van der Waals surface area contributed by atoms with E-state index in [2.05, 4.69) is 19.2 Å². The standard InChI is InChI=1S/C23H19FN2O2S/c1-14(2)15-5-11-18(12-6-15)26-22(27)20(19-4-3-13-29-19)21(23(26)28)25-17-9-7-16(24)8-10-17/h3-14,25H,1-2H3. The van der Waals surface area contributed by atoms with Crippen LogP contribution in [0.15, 0.2) is 71.7 Å². The summed E-state index contributed by atoms with van der Waals surface area (Å²) in [6, 6.07) is 16.7. The first-order chi connectivity index (χ1) is 14.0. The van der Waals surface area contributed by atoms with E-state index in [1.807, 2.05) is 29.6 Å². The first-order valence-electron chi connectivity index (χ1n) is 9.25. The predicted molar refractivity (Wildman–Crippen MR) is 114 cm³/mol. The molecule has 0 unspecified atom stereocenters. The molecule has 0 radical (unpaired) electrons. The van der Waals surface area contributed by atoms with E-state index in [0.29, 0.717) is 27.7 Å². The molecule has 0 saturated carbocycles. The fourth-order valence-electron chi connectivity index (χ4n) is 3.22. The van der Waals surface area contributed by atoms with Gasteiger partial charge in [0.25, 0.3) is 11.8 Å². The Labute approximate surface area is 172 Å². The fraction of sp³-hybridized carbons (Fsp3) is 0.130. The van der Waals surface area contributed by atoms with Crippen molar-refractivity contribution in [1.29, 1.82) is 0 Å². The largest absolute Gasteiger partial charge is 0.350 e. The van der Waals surface area contributed by atoms with Gasteiger partial charge in [0.1, 0.15) is 11.5 Å². The topological polar surface area (TPSA) is 49.4 Å². The Bertz CT molecular complexity index is 1080. The van der Waals surface area contributed by atoms with E-state index in [-0.39, 0.29) is 17.4 Å². The molecule has 4 nitrogen and oxygen atoms in total. The van der Waals surface area contributed by atoms with Gasteiger partial charge in [0.15, 0.2) is 0 Å². The highest BCUT2D eigenvalue weighted by Gasteiger charge is 2.40. The Hall–Kier alpha value is -3.25. The van der Waals surface area contributed by atoms with Crippen LogP contribution in [0.2, 0.25) is 0 Å². The van der Waals surface area contributed by atoms with Gasteiger partial charge in [-0.2, -0.15) is 0 Å². The molecule has 0 fully saturated rings. The van der Waals surface area contributed by atoms with Crippen LogP contribution in [0.1, 0.15) is 30.2 Å². The molecule has 1 aromatic heterocycles. The van der Waals surface area contributed by atoms with Crippen LogP contribution in [0.4, 0.5) is 15.8 Å². The average Bonchev–Trinajstić information content (AvgIpc) is 3.31. The van der Waals surface area contributed by atoms with Crippen molar-refractivity contribution in [3.05, 3.63) is 88.0 Å². The summed E-state index contributed by atoms with van der Waals surface area (Å²) < 4.78 is 13.2. The second-order valence-corrected chi connectivity index (χ2v) is 8.00. The van der Waals surface area contributed by atoms with Crippen LogP contribution in [0.3, 0.4) is 0 Å². The summed E-state index contributed by atoms with van der Waals surface area (Å²) >= 11 is 1.39. The Balaban J connectivity index is 1.74. The van der Waals surface area contributed by atoms with Crippen LogP contribution in [0.25, 0.3) is 5.57 Å². The fourth-order valence-corrected chi connectivity index (χ4v) is 3.98. The quantitative estimate of drug-likeness (QED) is 0.577. The van der Waals surface area contributed by atoms with Gasteiger partial charge >= 0.3 is 0 Å². The highest BCUT2D eigenvalue weighted by Crippen LogP contribution is 2.35.